The average Bonchev–Trinajstić information content (AvgIpc) is 3.60. The van der Waals surface area contributed by atoms with E-state index in [2.05, 4.69) is 175 Å². The van der Waals surface area contributed by atoms with Crippen molar-refractivity contribution in [2.75, 3.05) is 0 Å². The van der Waals surface area contributed by atoms with E-state index in [-0.39, 0.29) is 11.5 Å². The summed E-state index contributed by atoms with van der Waals surface area (Å²) in [4.78, 5) is 5.35. The van der Waals surface area contributed by atoms with E-state index in [0.717, 1.165) is 22.7 Å². The average molecular weight is 616 g/mol. The fraction of sp³-hybridized carbons (Fsp3) is 0.0889. The second-order valence-corrected chi connectivity index (χ2v) is 13.7. The maximum atomic E-state index is 5.35. The van der Waals surface area contributed by atoms with Gasteiger partial charge >= 0.3 is 0 Å². The van der Waals surface area contributed by atoms with Gasteiger partial charge < -0.3 is 5.32 Å². The lowest BCUT2D eigenvalue weighted by Crippen LogP contribution is -2.36. The Hall–Kier alpha value is -5.93. The van der Waals surface area contributed by atoms with Crippen molar-refractivity contribution in [2.24, 2.45) is 4.99 Å². The van der Waals surface area contributed by atoms with Crippen molar-refractivity contribution in [1.82, 2.24) is 9.88 Å². The summed E-state index contributed by atoms with van der Waals surface area (Å²) in [5.74, 6) is 0.835. The number of aliphatic imine (C=N–C) groups is 1. The molecule has 1 aliphatic heterocycles. The van der Waals surface area contributed by atoms with Crippen LogP contribution in [-0.4, -0.2) is 10.5 Å². The minimum absolute atomic E-state index is 0.0659. The molecule has 228 valence electrons. The molecule has 0 bridgehead atoms. The van der Waals surface area contributed by atoms with E-state index in [1.165, 1.54) is 66.1 Å². The van der Waals surface area contributed by atoms with Gasteiger partial charge in [0.1, 0.15) is 0 Å². The van der Waals surface area contributed by atoms with Gasteiger partial charge in [-0.15, -0.1) is 0 Å². The standard InChI is InChI=1S/C45H33N3/c1-45(2)37-18-10-8-16-33(37)34-23-21-31(26-38(34)45)43-35-17-9-11-19-39(35)46-44(47-43)48-40-25-22-29-14-6-7-15-32(29)42(40)36-24-20-30(27-41(36)48)28-12-4-3-5-13-28/h3-27,43H,1-2H3,(H,46,47). The molecule has 8 aromatic rings. The number of fused-ring (bicyclic) bond motifs is 9. The molecule has 10 rings (SSSR count). The molecule has 48 heavy (non-hydrogen) atoms. The van der Waals surface area contributed by atoms with E-state index in [1.807, 2.05) is 0 Å². The Kier molecular flexibility index (Phi) is 5.69. The van der Waals surface area contributed by atoms with Crippen LogP contribution in [-0.2, 0) is 5.41 Å². The molecular formula is C45H33N3. The number of hydrogen-bond donors (Lipinski definition) is 1. The molecule has 7 aromatic carbocycles. The van der Waals surface area contributed by atoms with Crippen LogP contribution in [0.25, 0.3) is 54.8 Å². The first kappa shape index (κ1) is 27.2. The molecule has 1 atom stereocenters. The highest BCUT2D eigenvalue weighted by Crippen LogP contribution is 2.50. The zero-order valence-corrected chi connectivity index (χ0v) is 26.9. The summed E-state index contributed by atoms with van der Waals surface area (Å²) in [6.07, 6.45) is 0. The Bertz CT molecular complexity index is 2620. The molecule has 2 aliphatic rings. The molecular weight excluding hydrogens is 583 g/mol. The maximum absolute atomic E-state index is 5.35. The zero-order valence-electron chi connectivity index (χ0n) is 26.9. The predicted molar refractivity (Wildman–Crippen MR) is 200 cm³/mol. The lowest BCUT2D eigenvalue weighted by Gasteiger charge is -2.30. The third-order valence-electron chi connectivity index (χ3n) is 10.7. The zero-order chi connectivity index (χ0) is 32.0. The molecule has 0 saturated heterocycles. The van der Waals surface area contributed by atoms with E-state index < -0.39 is 0 Å². The topological polar surface area (TPSA) is 29.3 Å². The summed E-state index contributed by atoms with van der Waals surface area (Å²) in [6, 6.07) is 55.1. The summed E-state index contributed by atoms with van der Waals surface area (Å²) in [6.45, 7) is 4.70. The van der Waals surface area contributed by atoms with E-state index in [0.29, 0.717) is 0 Å². The molecule has 0 fully saturated rings. The van der Waals surface area contributed by atoms with Crippen molar-refractivity contribution >= 4 is 44.2 Å². The van der Waals surface area contributed by atoms with Crippen molar-refractivity contribution in [3.63, 3.8) is 0 Å². The van der Waals surface area contributed by atoms with Crippen LogP contribution in [0.1, 0.15) is 42.1 Å². The Morgan fingerprint density at radius 1 is 0.583 bits per heavy atom. The number of para-hydroxylation sites is 1. The van der Waals surface area contributed by atoms with Crippen LogP contribution >= 0.6 is 0 Å². The van der Waals surface area contributed by atoms with Gasteiger partial charge in [0.25, 0.3) is 0 Å². The molecule has 2 heterocycles. The highest BCUT2D eigenvalue weighted by Gasteiger charge is 2.36. The molecule has 1 unspecified atom stereocenters. The minimum Gasteiger partial charge on any atom is -0.344 e. The normalized spacial score (nSPS) is 16.0. The summed E-state index contributed by atoms with van der Waals surface area (Å²) in [5, 5.41) is 8.93. The van der Waals surface area contributed by atoms with Crippen molar-refractivity contribution < 1.29 is 0 Å². The van der Waals surface area contributed by atoms with Crippen LogP contribution in [0, 0.1) is 0 Å². The summed E-state index contributed by atoms with van der Waals surface area (Å²) < 4.78 is 2.35. The van der Waals surface area contributed by atoms with E-state index in [9.17, 15) is 0 Å². The van der Waals surface area contributed by atoms with Gasteiger partial charge in [-0.3, -0.25) is 4.57 Å². The molecule has 1 aliphatic carbocycles. The fourth-order valence-electron chi connectivity index (χ4n) is 8.29. The van der Waals surface area contributed by atoms with Gasteiger partial charge in [0, 0.05) is 21.8 Å². The molecule has 3 heteroatoms. The van der Waals surface area contributed by atoms with Gasteiger partial charge in [-0.1, -0.05) is 147 Å². The molecule has 0 amide bonds. The number of benzene rings is 7. The van der Waals surface area contributed by atoms with E-state index in [1.54, 1.807) is 0 Å². The lowest BCUT2D eigenvalue weighted by molar-refractivity contribution is 0.655. The number of hydrogen-bond acceptors (Lipinski definition) is 2. The molecule has 1 aromatic heterocycles. The van der Waals surface area contributed by atoms with Crippen LogP contribution < -0.4 is 5.32 Å². The van der Waals surface area contributed by atoms with Crippen LogP contribution in [0.3, 0.4) is 0 Å². The Balaban J connectivity index is 1.20. The number of nitrogens with one attached hydrogen (secondary N) is 1. The van der Waals surface area contributed by atoms with Gasteiger partial charge in [-0.05, 0) is 67.9 Å². The third kappa shape index (κ3) is 3.85. The number of nitrogens with zero attached hydrogens (tertiary/aromatic N) is 2. The smallest absolute Gasteiger partial charge is 0.209 e. The fourth-order valence-corrected chi connectivity index (χ4v) is 8.29. The predicted octanol–water partition coefficient (Wildman–Crippen LogP) is 11.1. The Labute approximate surface area is 279 Å². The van der Waals surface area contributed by atoms with Gasteiger partial charge in [0.2, 0.25) is 5.96 Å². The largest absolute Gasteiger partial charge is 0.344 e. The van der Waals surface area contributed by atoms with Crippen LogP contribution in [0.15, 0.2) is 157 Å². The second kappa shape index (κ2) is 10.0. The van der Waals surface area contributed by atoms with E-state index >= 15 is 0 Å². The van der Waals surface area contributed by atoms with Gasteiger partial charge in [-0.2, -0.15) is 0 Å². The molecule has 1 N–H and O–H groups in total. The lowest BCUT2D eigenvalue weighted by atomic mass is 9.81. The second-order valence-electron chi connectivity index (χ2n) is 13.7. The van der Waals surface area contributed by atoms with Gasteiger partial charge in [0.05, 0.1) is 22.8 Å². The number of aromatic nitrogens is 1. The highest BCUT2D eigenvalue weighted by atomic mass is 15.2. The van der Waals surface area contributed by atoms with Crippen LogP contribution in [0.4, 0.5) is 5.69 Å². The minimum atomic E-state index is -0.0746. The van der Waals surface area contributed by atoms with Crippen molar-refractivity contribution in [3.05, 3.63) is 174 Å². The first-order valence-corrected chi connectivity index (χ1v) is 16.8. The summed E-state index contributed by atoms with van der Waals surface area (Å²) in [7, 11) is 0. The van der Waals surface area contributed by atoms with Gasteiger partial charge in [0.15, 0.2) is 0 Å². The summed E-state index contributed by atoms with van der Waals surface area (Å²) >= 11 is 0. The van der Waals surface area contributed by atoms with Crippen molar-refractivity contribution in [2.45, 2.75) is 25.3 Å². The Morgan fingerprint density at radius 2 is 1.35 bits per heavy atom. The first-order chi connectivity index (χ1) is 23.6. The summed E-state index contributed by atoms with van der Waals surface area (Å²) in [5.41, 5.74) is 13.5. The quantitative estimate of drug-likeness (QED) is 0.206. The monoisotopic (exact) mass is 615 g/mol. The van der Waals surface area contributed by atoms with Crippen LogP contribution in [0.2, 0.25) is 0 Å². The highest BCUT2D eigenvalue weighted by molar-refractivity contribution is 6.24. The first-order valence-electron chi connectivity index (χ1n) is 16.8. The number of rotatable bonds is 2. The third-order valence-corrected chi connectivity index (χ3v) is 10.7. The SMILES string of the molecule is CC1(C)c2ccccc2-c2ccc(C3NC(n4c5cc(-c6ccccc6)ccc5c5c6ccccc6ccc54)=Nc4ccccc43)cc21. The van der Waals surface area contributed by atoms with Crippen molar-refractivity contribution in [1.29, 1.82) is 0 Å². The van der Waals surface area contributed by atoms with Crippen LogP contribution in [0.5, 0.6) is 0 Å². The molecule has 0 spiro atoms. The molecule has 0 saturated carbocycles. The Morgan fingerprint density at radius 3 is 2.27 bits per heavy atom. The van der Waals surface area contributed by atoms with Crippen molar-refractivity contribution in [3.8, 4) is 22.3 Å². The molecule has 3 nitrogen and oxygen atoms in total. The van der Waals surface area contributed by atoms with Gasteiger partial charge in [-0.25, -0.2) is 4.99 Å². The maximum Gasteiger partial charge on any atom is 0.209 e. The molecule has 0 radical (unpaired) electrons. The van der Waals surface area contributed by atoms with E-state index in [4.69, 9.17) is 4.99 Å².